The summed E-state index contributed by atoms with van der Waals surface area (Å²) in [6.07, 6.45) is 0. The highest BCUT2D eigenvalue weighted by atomic mass is 35.5. The van der Waals surface area contributed by atoms with Crippen LogP contribution in [0.25, 0.3) is 10.8 Å². The molecule has 1 heterocycles. The van der Waals surface area contributed by atoms with Gasteiger partial charge in [0.2, 0.25) is 5.78 Å². The molecule has 26 heavy (non-hydrogen) atoms. The Morgan fingerprint density at radius 2 is 1.73 bits per heavy atom. The Hall–Kier alpha value is -1.95. The summed E-state index contributed by atoms with van der Waals surface area (Å²) in [5.74, 6) is -0.00911. The maximum absolute atomic E-state index is 11.9. The number of hydrogen-bond acceptors (Lipinski definition) is 5. The third kappa shape index (κ3) is 5.04. The van der Waals surface area contributed by atoms with Gasteiger partial charge >= 0.3 is 0 Å². The maximum atomic E-state index is 11.9. The van der Waals surface area contributed by atoms with E-state index in [0.29, 0.717) is 23.3 Å². The zero-order valence-corrected chi connectivity index (χ0v) is 15.9. The van der Waals surface area contributed by atoms with Gasteiger partial charge < -0.3 is 9.47 Å². The van der Waals surface area contributed by atoms with Crippen LogP contribution in [-0.4, -0.2) is 55.4 Å². The molecule has 0 bridgehead atoms. The number of nitrogens with zero attached hydrogens (tertiary/aromatic N) is 1. The van der Waals surface area contributed by atoms with Gasteiger partial charge in [-0.3, -0.25) is 14.5 Å². The number of ketones is 1. The summed E-state index contributed by atoms with van der Waals surface area (Å²) in [6, 6.07) is 10.7. The van der Waals surface area contributed by atoms with Crippen LogP contribution in [-0.2, 0) is 9.53 Å². The number of hydrogen-bond donors (Lipinski definition) is 0. The zero-order valence-electron chi connectivity index (χ0n) is 15.2. The molecule has 2 aromatic carbocycles. The molecule has 6 heteroatoms. The fraction of sp³-hybridized carbons (Fsp3) is 0.400. The lowest BCUT2D eigenvalue weighted by Gasteiger charge is -2.26. The van der Waals surface area contributed by atoms with Crippen LogP contribution in [0.2, 0.25) is 0 Å². The minimum atomic E-state index is -0.985. The van der Waals surface area contributed by atoms with Crippen molar-refractivity contribution in [3.8, 4) is 5.75 Å². The monoisotopic (exact) mass is 377 g/mol. The molecule has 1 fully saturated rings. The van der Waals surface area contributed by atoms with Crippen molar-refractivity contribution >= 4 is 33.4 Å². The number of carbonyl (C=O) groups excluding carboxylic acids is 2. The fourth-order valence-corrected chi connectivity index (χ4v) is 2.91. The van der Waals surface area contributed by atoms with Crippen LogP contribution in [0.5, 0.6) is 5.75 Å². The molecule has 0 aliphatic carbocycles. The summed E-state index contributed by atoms with van der Waals surface area (Å²) in [5.41, 5.74) is 0.297. The Bertz CT molecular complexity index is 757. The van der Waals surface area contributed by atoms with Crippen LogP contribution >= 0.6 is 11.6 Å². The second-order valence-corrected chi connectivity index (χ2v) is 5.91. The predicted octanol–water partition coefficient (Wildman–Crippen LogP) is 3.53. The van der Waals surface area contributed by atoms with Gasteiger partial charge in [0.05, 0.1) is 13.2 Å². The molecule has 3 rings (SSSR count). The number of fused-ring (bicyclic) bond motifs is 1. The van der Waals surface area contributed by atoms with Gasteiger partial charge in [-0.1, -0.05) is 38.1 Å². The topological polar surface area (TPSA) is 55.8 Å². The van der Waals surface area contributed by atoms with Gasteiger partial charge in [-0.2, -0.15) is 0 Å². The minimum Gasteiger partial charge on any atom is -0.492 e. The second kappa shape index (κ2) is 10.3. The number of halogens is 1. The molecular weight excluding hydrogens is 354 g/mol. The van der Waals surface area contributed by atoms with Crippen LogP contribution in [0.1, 0.15) is 24.2 Å². The van der Waals surface area contributed by atoms with Gasteiger partial charge in [0.15, 0.2) is 0 Å². The van der Waals surface area contributed by atoms with Gasteiger partial charge in [0.25, 0.3) is 5.24 Å². The van der Waals surface area contributed by atoms with E-state index in [-0.39, 0.29) is 0 Å². The predicted molar refractivity (Wildman–Crippen MR) is 103 cm³/mol. The lowest BCUT2D eigenvalue weighted by molar-refractivity contribution is -0.108. The third-order valence-corrected chi connectivity index (χ3v) is 4.25. The van der Waals surface area contributed by atoms with E-state index in [9.17, 15) is 9.59 Å². The molecule has 1 aliphatic heterocycles. The first-order valence-corrected chi connectivity index (χ1v) is 9.23. The highest BCUT2D eigenvalue weighted by Gasteiger charge is 2.18. The van der Waals surface area contributed by atoms with Crippen molar-refractivity contribution in [2.24, 2.45) is 0 Å². The van der Waals surface area contributed by atoms with Crippen LogP contribution < -0.4 is 4.74 Å². The van der Waals surface area contributed by atoms with E-state index >= 15 is 0 Å². The van der Waals surface area contributed by atoms with Gasteiger partial charge in [-0.25, -0.2) is 0 Å². The van der Waals surface area contributed by atoms with E-state index in [1.165, 1.54) is 0 Å². The molecule has 1 saturated heterocycles. The van der Waals surface area contributed by atoms with Crippen molar-refractivity contribution in [3.05, 3.63) is 42.0 Å². The van der Waals surface area contributed by atoms with Gasteiger partial charge in [0.1, 0.15) is 12.4 Å². The van der Waals surface area contributed by atoms with Gasteiger partial charge in [-0.15, -0.1) is 0 Å². The molecule has 2 aromatic rings. The highest BCUT2D eigenvalue weighted by Crippen LogP contribution is 2.29. The normalized spacial score (nSPS) is 14.4. The Morgan fingerprint density at radius 3 is 2.38 bits per heavy atom. The molecule has 0 radical (unpaired) electrons. The number of rotatable bonds is 6. The molecule has 0 spiro atoms. The maximum Gasteiger partial charge on any atom is 0.293 e. The van der Waals surface area contributed by atoms with Crippen LogP contribution in [0.15, 0.2) is 36.4 Å². The average molecular weight is 378 g/mol. The van der Waals surface area contributed by atoms with E-state index in [4.69, 9.17) is 21.1 Å². The minimum absolute atomic E-state index is 0.297. The molecule has 1 aliphatic rings. The fourth-order valence-electron chi connectivity index (χ4n) is 2.81. The lowest BCUT2D eigenvalue weighted by Crippen LogP contribution is -2.38. The summed E-state index contributed by atoms with van der Waals surface area (Å²) in [7, 11) is 0. The molecule has 0 amide bonds. The van der Waals surface area contributed by atoms with Crippen LogP contribution in [0.3, 0.4) is 0 Å². The van der Waals surface area contributed by atoms with E-state index in [0.717, 1.165) is 38.2 Å². The first-order valence-electron chi connectivity index (χ1n) is 8.85. The highest BCUT2D eigenvalue weighted by molar-refractivity contribution is 6.83. The Balaban J connectivity index is 0.00000117. The largest absolute Gasteiger partial charge is 0.492 e. The Morgan fingerprint density at radius 1 is 1.08 bits per heavy atom. The SMILES string of the molecule is CC.O=C(Cl)C(=O)c1ccc(OCCN2CCOCC2)c2ccccc12. The molecule has 0 aromatic heterocycles. The van der Waals surface area contributed by atoms with Crippen molar-refractivity contribution < 1.29 is 19.1 Å². The summed E-state index contributed by atoms with van der Waals surface area (Å²) >= 11 is 5.34. The van der Waals surface area contributed by atoms with E-state index in [2.05, 4.69) is 4.90 Å². The lowest BCUT2D eigenvalue weighted by atomic mass is 10.0. The van der Waals surface area contributed by atoms with Gasteiger partial charge in [-0.05, 0) is 29.1 Å². The number of carbonyl (C=O) groups is 2. The van der Waals surface area contributed by atoms with E-state index in [1.54, 1.807) is 18.2 Å². The van der Waals surface area contributed by atoms with Crippen molar-refractivity contribution in [1.82, 2.24) is 4.90 Å². The first-order chi connectivity index (χ1) is 12.7. The number of benzene rings is 2. The molecule has 0 saturated carbocycles. The quantitative estimate of drug-likeness (QED) is 0.438. The summed E-state index contributed by atoms with van der Waals surface area (Å²) in [5, 5.41) is 0.477. The molecule has 0 unspecified atom stereocenters. The Kier molecular flexibility index (Phi) is 8.04. The number of morpholine rings is 1. The average Bonchev–Trinajstić information content (AvgIpc) is 2.70. The van der Waals surface area contributed by atoms with Gasteiger partial charge in [0, 0.05) is 30.6 Å². The second-order valence-electron chi connectivity index (χ2n) is 5.56. The third-order valence-electron chi connectivity index (χ3n) is 4.08. The van der Waals surface area contributed by atoms with Crippen molar-refractivity contribution in [2.45, 2.75) is 13.8 Å². The van der Waals surface area contributed by atoms with Crippen molar-refractivity contribution in [1.29, 1.82) is 0 Å². The summed E-state index contributed by atoms with van der Waals surface area (Å²) < 4.78 is 11.2. The van der Waals surface area contributed by atoms with E-state index < -0.39 is 11.0 Å². The van der Waals surface area contributed by atoms with Crippen molar-refractivity contribution in [3.63, 3.8) is 0 Å². The number of Topliss-reactive ketones (excluding diaryl/α,β-unsaturated/α-hetero) is 1. The Labute approximate surface area is 158 Å². The molecular formula is C20H24ClNO4. The van der Waals surface area contributed by atoms with Crippen molar-refractivity contribution in [2.75, 3.05) is 39.5 Å². The van der Waals surface area contributed by atoms with Crippen LogP contribution in [0, 0.1) is 0 Å². The van der Waals surface area contributed by atoms with E-state index in [1.807, 2.05) is 32.0 Å². The molecule has 5 nitrogen and oxygen atoms in total. The standard InChI is InChI=1S/C18H18ClNO4.C2H6/c19-18(22)17(21)15-5-6-16(14-4-2-1-3-13(14)15)24-12-9-20-7-10-23-11-8-20;1-2/h1-6H,7-12H2;1-2H3. The molecule has 0 atom stereocenters. The molecule has 0 N–H and O–H groups in total. The zero-order chi connectivity index (χ0) is 18.9. The van der Waals surface area contributed by atoms with Crippen LogP contribution in [0.4, 0.5) is 0 Å². The number of ether oxygens (including phenoxy) is 2. The molecule has 140 valence electrons. The smallest absolute Gasteiger partial charge is 0.293 e. The summed E-state index contributed by atoms with van der Waals surface area (Å²) in [4.78, 5) is 25.4. The first kappa shape index (κ1) is 20.4. The summed E-state index contributed by atoms with van der Waals surface area (Å²) in [6.45, 7) is 8.70.